The molecule has 0 bridgehead atoms. The van der Waals surface area contributed by atoms with Crippen molar-refractivity contribution in [3.63, 3.8) is 0 Å². The van der Waals surface area contributed by atoms with E-state index in [1.807, 2.05) is 4.90 Å². The second-order valence-corrected chi connectivity index (χ2v) is 10.8. The number of urea groups is 1. The van der Waals surface area contributed by atoms with Crippen LogP contribution in [0.4, 0.5) is 4.79 Å². The zero-order valence-corrected chi connectivity index (χ0v) is 17.6. The van der Waals surface area contributed by atoms with E-state index in [9.17, 15) is 13.2 Å². The number of piperidine rings is 1. The number of nitrogens with zero attached hydrogens (tertiary/aromatic N) is 1. The van der Waals surface area contributed by atoms with Crippen LogP contribution in [0.1, 0.15) is 54.7 Å². The summed E-state index contributed by atoms with van der Waals surface area (Å²) in [6.07, 6.45) is 6.06. The van der Waals surface area contributed by atoms with E-state index in [1.165, 1.54) is 22.9 Å². The Morgan fingerprint density at radius 2 is 1.89 bits per heavy atom. The second kappa shape index (κ2) is 7.82. The quantitative estimate of drug-likeness (QED) is 0.835. The topological polar surface area (TPSA) is 66.5 Å². The number of rotatable bonds is 5. The molecule has 3 rings (SSSR count). The highest BCUT2D eigenvalue weighted by Gasteiger charge is 2.40. The summed E-state index contributed by atoms with van der Waals surface area (Å²) in [6, 6.07) is 6.56. The van der Waals surface area contributed by atoms with Crippen molar-refractivity contribution in [1.82, 2.24) is 10.2 Å². The molecule has 0 unspecified atom stereocenters. The molecule has 0 atom stereocenters. The number of amides is 2. The normalized spacial score (nSPS) is 20.2. The van der Waals surface area contributed by atoms with Crippen molar-refractivity contribution in [2.75, 3.05) is 31.6 Å². The minimum Gasteiger partial charge on any atom is -0.337 e. The fourth-order valence-corrected chi connectivity index (χ4v) is 6.08. The number of sulfone groups is 1. The molecule has 1 N–H and O–H groups in total. The minimum absolute atomic E-state index is 0.0470. The minimum atomic E-state index is -3.03. The van der Waals surface area contributed by atoms with Crippen LogP contribution in [0.15, 0.2) is 18.2 Å². The molecule has 6 heteroatoms. The molecule has 1 aromatic rings. The number of carbonyl (C=O) groups is 1. The Morgan fingerprint density at radius 1 is 1.22 bits per heavy atom. The van der Waals surface area contributed by atoms with Crippen LogP contribution < -0.4 is 5.32 Å². The summed E-state index contributed by atoms with van der Waals surface area (Å²) in [5.74, 6) is 0.687. The highest BCUT2D eigenvalue weighted by atomic mass is 32.2. The highest BCUT2D eigenvalue weighted by molar-refractivity contribution is 7.90. The number of nitrogens with one attached hydrogen (secondary N) is 1. The van der Waals surface area contributed by atoms with Crippen molar-refractivity contribution in [2.24, 2.45) is 5.41 Å². The fraction of sp³-hybridized carbons (Fsp3) is 0.667. The van der Waals surface area contributed by atoms with Gasteiger partial charge in [0.05, 0.1) is 5.75 Å². The lowest BCUT2D eigenvalue weighted by molar-refractivity contribution is 0.144. The van der Waals surface area contributed by atoms with E-state index in [0.717, 1.165) is 45.2 Å². The van der Waals surface area contributed by atoms with Crippen molar-refractivity contribution >= 4 is 15.9 Å². The number of hydrogen-bond donors (Lipinski definition) is 1. The Balaban J connectivity index is 1.52. The molecule has 0 aromatic heterocycles. The lowest BCUT2D eigenvalue weighted by Crippen LogP contribution is -2.51. The molecule has 2 amide bonds. The predicted octanol–water partition coefficient (Wildman–Crippen LogP) is 3.41. The smallest absolute Gasteiger partial charge is 0.317 e. The number of hydrogen-bond acceptors (Lipinski definition) is 3. The molecule has 0 radical (unpaired) electrons. The van der Waals surface area contributed by atoms with Gasteiger partial charge in [-0.2, -0.15) is 0 Å². The van der Waals surface area contributed by atoms with Crippen molar-refractivity contribution in [1.29, 1.82) is 0 Å². The van der Waals surface area contributed by atoms with E-state index >= 15 is 0 Å². The largest absolute Gasteiger partial charge is 0.337 e. The first-order chi connectivity index (χ1) is 12.7. The predicted molar refractivity (Wildman–Crippen MR) is 109 cm³/mol. The third-order valence-corrected chi connectivity index (χ3v) is 7.39. The summed E-state index contributed by atoms with van der Waals surface area (Å²) >= 11 is 0. The molecule has 0 spiro atoms. The van der Waals surface area contributed by atoms with Crippen LogP contribution in [-0.4, -0.2) is 51.0 Å². The number of benzene rings is 1. The van der Waals surface area contributed by atoms with Crippen molar-refractivity contribution < 1.29 is 13.2 Å². The van der Waals surface area contributed by atoms with E-state index in [2.05, 4.69) is 37.4 Å². The Kier molecular flexibility index (Phi) is 5.84. The van der Waals surface area contributed by atoms with Gasteiger partial charge in [-0.05, 0) is 56.6 Å². The average molecular weight is 393 g/mol. The van der Waals surface area contributed by atoms with Gasteiger partial charge in [-0.15, -0.1) is 0 Å². The number of likely N-dealkylation sites (tertiary alicyclic amines) is 1. The molecule has 1 saturated carbocycles. The third-order valence-electron chi connectivity index (χ3n) is 6.25. The van der Waals surface area contributed by atoms with Gasteiger partial charge in [-0.1, -0.05) is 30.2 Å². The van der Waals surface area contributed by atoms with Crippen LogP contribution in [0.3, 0.4) is 0 Å². The Morgan fingerprint density at radius 3 is 2.44 bits per heavy atom. The summed E-state index contributed by atoms with van der Waals surface area (Å²) in [7, 11) is -3.03. The molecule has 5 nitrogen and oxygen atoms in total. The van der Waals surface area contributed by atoms with Crippen molar-refractivity contribution in [3.8, 4) is 0 Å². The lowest BCUT2D eigenvalue weighted by atomic mass is 9.70. The van der Waals surface area contributed by atoms with Crippen LogP contribution in [0.5, 0.6) is 0 Å². The van der Waals surface area contributed by atoms with Crippen LogP contribution in [0.25, 0.3) is 0 Å². The number of aryl methyl sites for hydroxylation is 2. The first-order valence-corrected chi connectivity index (χ1v) is 12.0. The summed E-state index contributed by atoms with van der Waals surface area (Å²) in [4.78, 5) is 14.5. The average Bonchev–Trinajstić information content (AvgIpc) is 2.58. The molecule has 27 heavy (non-hydrogen) atoms. The molecule has 1 aromatic carbocycles. The van der Waals surface area contributed by atoms with Gasteiger partial charge in [0, 0.05) is 31.3 Å². The third kappa shape index (κ3) is 5.03. The van der Waals surface area contributed by atoms with Crippen molar-refractivity contribution in [3.05, 3.63) is 34.9 Å². The first-order valence-electron chi connectivity index (χ1n) is 9.95. The van der Waals surface area contributed by atoms with E-state index in [-0.39, 0.29) is 17.2 Å². The van der Waals surface area contributed by atoms with Gasteiger partial charge in [0.15, 0.2) is 0 Å². The zero-order valence-electron chi connectivity index (χ0n) is 16.8. The molecule has 1 heterocycles. The molecule has 1 saturated heterocycles. The van der Waals surface area contributed by atoms with Gasteiger partial charge < -0.3 is 10.2 Å². The molecular weight excluding hydrogens is 360 g/mol. The molecule has 1 aliphatic heterocycles. The summed E-state index contributed by atoms with van der Waals surface area (Å²) in [5.41, 5.74) is 3.78. The Hall–Kier alpha value is -1.56. The van der Waals surface area contributed by atoms with E-state index in [1.54, 1.807) is 0 Å². The van der Waals surface area contributed by atoms with Crippen LogP contribution in [-0.2, 0) is 9.84 Å². The summed E-state index contributed by atoms with van der Waals surface area (Å²) in [5, 5.41) is 3.02. The van der Waals surface area contributed by atoms with E-state index in [0.29, 0.717) is 12.5 Å². The van der Waals surface area contributed by atoms with Crippen LogP contribution in [0.2, 0.25) is 0 Å². The maximum Gasteiger partial charge on any atom is 0.317 e. The van der Waals surface area contributed by atoms with E-state index < -0.39 is 9.84 Å². The molecule has 2 aliphatic rings. The van der Waals surface area contributed by atoms with Gasteiger partial charge in [-0.3, -0.25) is 0 Å². The van der Waals surface area contributed by atoms with Gasteiger partial charge >= 0.3 is 6.03 Å². The van der Waals surface area contributed by atoms with Gasteiger partial charge in [0.1, 0.15) is 9.84 Å². The van der Waals surface area contributed by atoms with Gasteiger partial charge in [-0.25, -0.2) is 13.2 Å². The zero-order chi connectivity index (χ0) is 19.7. The highest BCUT2D eigenvalue weighted by Crippen LogP contribution is 2.41. The molecule has 150 valence electrons. The van der Waals surface area contributed by atoms with Gasteiger partial charge in [0.2, 0.25) is 0 Å². The standard InChI is InChI=1S/C21H32N2O3S/c1-16-5-6-17(2)19(13-16)18-7-11-23(12-8-18)20(24)22-14-21(9-4-10-21)15-27(3,25)26/h5-6,13,18H,4,7-12,14-15H2,1-3H3,(H,22,24). The SMILES string of the molecule is Cc1ccc(C)c(C2CCN(C(=O)NCC3(CS(C)(=O)=O)CCC3)CC2)c1. The maximum absolute atomic E-state index is 12.6. The lowest BCUT2D eigenvalue weighted by Gasteiger charge is -2.42. The van der Waals surface area contributed by atoms with E-state index in [4.69, 9.17) is 0 Å². The Bertz CT molecular complexity index is 792. The molecular formula is C21H32N2O3S. The van der Waals surface area contributed by atoms with Crippen molar-refractivity contribution in [2.45, 2.75) is 51.9 Å². The second-order valence-electron chi connectivity index (χ2n) is 8.70. The summed E-state index contributed by atoms with van der Waals surface area (Å²) in [6.45, 7) is 6.26. The maximum atomic E-state index is 12.6. The summed E-state index contributed by atoms with van der Waals surface area (Å²) < 4.78 is 23.4. The monoisotopic (exact) mass is 392 g/mol. The van der Waals surface area contributed by atoms with Crippen LogP contribution >= 0.6 is 0 Å². The Labute approximate surface area is 163 Å². The molecule has 1 aliphatic carbocycles. The number of carbonyl (C=O) groups excluding carboxylic acids is 1. The van der Waals surface area contributed by atoms with Gasteiger partial charge in [0.25, 0.3) is 0 Å². The molecule has 2 fully saturated rings. The fourth-order valence-electron chi connectivity index (χ4n) is 4.57. The van der Waals surface area contributed by atoms with Crippen LogP contribution in [0, 0.1) is 19.3 Å². The first kappa shape index (κ1) is 20.2.